The third kappa shape index (κ3) is 5.47. The van der Waals surface area contributed by atoms with Crippen molar-refractivity contribution in [2.75, 3.05) is 0 Å². The molecule has 3 heteroatoms. The lowest BCUT2D eigenvalue weighted by Crippen LogP contribution is -2.74. The second kappa shape index (κ2) is 13.6. The summed E-state index contributed by atoms with van der Waals surface area (Å²) in [6.07, 6.45) is 0.853. The van der Waals surface area contributed by atoms with E-state index in [4.69, 9.17) is 0 Å². The zero-order chi connectivity index (χ0) is 35.8. The fourth-order valence-electron chi connectivity index (χ4n) is 9.03. The van der Waals surface area contributed by atoms with E-state index in [2.05, 4.69) is 195 Å². The van der Waals surface area contributed by atoms with Gasteiger partial charge in [-0.3, -0.25) is 0 Å². The third-order valence-electron chi connectivity index (χ3n) is 11.3. The number of aryl methyl sites for hydroxylation is 1. The molecule has 254 valence electrons. The lowest BCUT2D eigenvalue weighted by molar-refractivity contribution is 0.629. The summed E-state index contributed by atoms with van der Waals surface area (Å²) in [5.74, 6) is -0.203. The fourth-order valence-corrected chi connectivity index (χ4v) is 18.7. The Morgan fingerprint density at radius 1 is 0.340 bits per heavy atom. The van der Waals surface area contributed by atoms with Crippen molar-refractivity contribution in [3.63, 3.8) is 0 Å². The third-order valence-corrected chi connectivity index (χ3v) is 20.8. The maximum Gasteiger partial charge on any atom is 0.179 e. The maximum absolute atomic E-state index is 15.2. The van der Waals surface area contributed by atoms with Crippen molar-refractivity contribution >= 4 is 57.6 Å². The first-order valence-electron chi connectivity index (χ1n) is 18.4. The summed E-state index contributed by atoms with van der Waals surface area (Å²) in [6.45, 7) is 2.20. The molecule has 0 unspecified atom stereocenters. The molecule has 1 aliphatic carbocycles. The molecule has 8 aromatic carbocycles. The number of benzene rings is 8. The van der Waals surface area contributed by atoms with E-state index >= 15 is 4.39 Å². The van der Waals surface area contributed by atoms with E-state index in [-0.39, 0.29) is 5.82 Å². The van der Waals surface area contributed by atoms with Gasteiger partial charge in [0.25, 0.3) is 0 Å². The quantitative estimate of drug-likeness (QED) is 0.125. The average Bonchev–Trinajstić information content (AvgIpc) is 3.58. The summed E-state index contributed by atoms with van der Waals surface area (Å²) >= 11 is 0. The second-order valence-electron chi connectivity index (χ2n) is 14.3. The zero-order valence-electron chi connectivity index (χ0n) is 29.7. The number of hydrogen-bond donors (Lipinski definition) is 0. The molecule has 0 spiro atoms. The van der Waals surface area contributed by atoms with Crippen LogP contribution in [-0.2, 0) is 6.42 Å². The van der Waals surface area contributed by atoms with Crippen LogP contribution >= 0.6 is 0 Å². The minimum atomic E-state index is -2.89. The minimum absolute atomic E-state index is 0.203. The Labute approximate surface area is 313 Å². The van der Waals surface area contributed by atoms with Gasteiger partial charge in [-0.1, -0.05) is 200 Å². The summed E-state index contributed by atoms with van der Waals surface area (Å²) in [4.78, 5) is 0. The molecular weight excluding hydrogens is 676 g/mol. The SMILES string of the molecule is Cc1cccc([Si](c2ccccc2)(c2ccccc2)c2ccc3c(c2)Cc2cc([Si](c4ccccc4)(c4ccccc4)c4cccc(F)c4)ccc2-3)c1. The Balaban J connectivity index is 1.24. The van der Waals surface area contributed by atoms with E-state index in [1.165, 1.54) is 64.1 Å². The summed E-state index contributed by atoms with van der Waals surface area (Å²) in [5.41, 5.74) is 6.57. The van der Waals surface area contributed by atoms with Crippen molar-refractivity contribution in [2.45, 2.75) is 13.3 Å². The normalized spacial score (nSPS) is 12.3. The van der Waals surface area contributed by atoms with Gasteiger partial charge in [0, 0.05) is 0 Å². The van der Waals surface area contributed by atoms with Crippen molar-refractivity contribution in [2.24, 2.45) is 0 Å². The molecule has 0 amide bonds. The van der Waals surface area contributed by atoms with E-state index in [9.17, 15) is 0 Å². The first-order chi connectivity index (χ1) is 26.1. The van der Waals surface area contributed by atoms with Crippen LogP contribution in [0.5, 0.6) is 0 Å². The van der Waals surface area contributed by atoms with Crippen LogP contribution in [0.25, 0.3) is 11.1 Å². The van der Waals surface area contributed by atoms with Crippen molar-refractivity contribution in [3.05, 3.63) is 229 Å². The van der Waals surface area contributed by atoms with Gasteiger partial charge in [0.2, 0.25) is 0 Å². The van der Waals surface area contributed by atoms with Gasteiger partial charge in [0.1, 0.15) is 5.82 Å². The van der Waals surface area contributed by atoms with Crippen molar-refractivity contribution in [1.82, 2.24) is 0 Å². The molecule has 0 atom stereocenters. The van der Waals surface area contributed by atoms with Crippen molar-refractivity contribution in [3.8, 4) is 11.1 Å². The lowest BCUT2D eigenvalue weighted by atomic mass is 10.1. The van der Waals surface area contributed by atoms with Crippen LogP contribution in [0, 0.1) is 12.7 Å². The molecule has 0 aromatic heterocycles. The topological polar surface area (TPSA) is 0 Å². The first-order valence-corrected chi connectivity index (χ1v) is 22.4. The molecule has 0 saturated carbocycles. The van der Waals surface area contributed by atoms with Crippen LogP contribution in [0.3, 0.4) is 0 Å². The van der Waals surface area contributed by atoms with Gasteiger partial charge in [-0.25, -0.2) is 4.39 Å². The zero-order valence-corrected chi connectivity index (χ0v) is 31.7. The van der Waals surface area contributed by atoms with Crippen LogP contribution in [-0.4, -0.2) is 16.1 Å². The Morgan fingerprint density at radius 3 is 1.09 bits per heavy atom. The van der Waals surface area contributed by atoms with E-state index < -0.39 is 16.1 Å². The minimum Gasteiger partial charge on any atom is -0.207 e. The smallest absolute Gasteiger partial charge is 0.179 e. The molecule has 0 fully saturated rings. The van der Waals surface area contributed by atoms with E-state index in [0.29, 0.717) is 0 Å². The highest BCUT2D eigenvalue weighted by molar-refractivity contribution is 7.20. The maximum atomic E-state index is 15.2. The average molecular weight is 715 g/mol. The first kappa shape index (κ1) is 33.0. The van der Waals surface area contributed by atoms with Gasteiger partial charge in [-0.2, -0.15) is 0 Å². The van der Waals surface area contributed by atoms with Gasteiger partial charge in [-0.15, -0.1) is 0 Å². The van der Waals surface area contributed by atoms with Crippen molar-refractivity contribution < 1.29 is 4.39 Å². The van der Waals surface area contributed by atoms with Crippen LogP contribution in [0.2, 0.25) is 0 Å². The Morgan fingerprint density at radius 2 is 0.698 bits per heavy atom. The number of fused-ring (bicyclic) bond motifs is 3. The summed E-state index contributed by atoms with van der Waals surface area (Å²) in [5, 5.41) is 10.4. The monoisotopic (exact) mass is 714 g/mol. The summed E-state index contributed by atoms with van der Waals surface area (Å²) < 4.78 is 15.2. The van der Waals surface area contributed by atoms with E-state index in [0.717, 1.165) is 11.6 Å². The van der Waals surface area contributed by atoms with Crippen molar-refractivity contribution in [1.29, 1.82) is 0 Å². The largest absolute Gasteiger partial charge is 0.207 e. The highest BCUT2D eigenvalue weighted by Gasteiger charge is 2.44. The van der Waals surface area contributed by atoms with Crippen LogP contribution in [0.1, 0.15) is 16.7 Å². The highest BCUT2D eigenvalue weighted by Crippen LogP contribution is 2.36. The Bertz CT molecular complexity index is 2290. The molecule has 0 heterocycles. The molecule has 0 nitrogen and oxygen atoms in total. The molecule has 8 aromatic rings. The highest BCUT2D eigenvalue weighted by atomic mass is 28.3. The molecular formula is C50H39FSi2. The number of hydrogen-bond acceptors (Lipinski definition) is 0. The van der Waals surface area contributed by atoms with E-state index in [1.807, 2.05) is 6.07 Å². The predicted molar refractivity (Wildman–Crippen MR) is 227 cm³/mol. The number of halogens is 1. The van der Waals surface area contributed by atoms with Gasteiger partial charge < -0.3 is 0 Å². The van der Waals surface area contributed by atoms with Crippen LogP contribution < -0.4 is 41.5 Å². The summed E-state index contributed by atoms with van der Waals surface area (Å²) in [7, 11) is -5.57. The predicted octanol–water partition coefficient (Wildman–Crippen LogP) is 6.46. The van der Waals surface area contributed by atoms with E-state index in [1.54, 1.807) is 12.1 Å². The fraction of sp³-hybridized carbons (Fsp3) is 0.0400. The number of rotatable bonds is 8. The Kier molecular flexibility index (Phi) is 8.46. The van der Waals surface area contributed by atoms with Gasteiger partial charge in [0.05, 0.1) is 0 Å². The van der Waals surface area contributed by atoms with Gasteiger partial charge in [-0.05, 0) is 89.2 Å². The molecule has 0 N–H and O–H groups in total. The molecule has 0 radical (unpaired) electrons. The molecule has 53 heavy (non-hydrogen) atoms. The van der Waals surface area contributed by atoms with Crippen LogP contribution in [0.15, 0.2) is 206 Å². The molecule has 9 rings (SSSR count). The molecule has 0 bridgehead atoms. The van der Waals surface area contributed by atoms with Gasteiger partial charge in [0.15, 0.2) is 16.1 Å². The second-order valence-corrected chi connectivity index (χ2v) is 21.9. The molecule has 1 aliphatic rings. The Hall–Kier alpha value is -5.88. The standard InChI is InChI=1S/C50H39FSi2/c1-37-16-14-26-45(32-37)52(41-18-6-2-7-19-41,42-20-8-3-9-21-42)47-28-30-49-38(34-47)33-39-35-48(29-31-50(39)49)53(43-22-10-4-11-23-43,44-24-12-5-13-25-44)46-27-15-17-40(51)36-46/h2-32,34-36H,33H2,1H3. The van der Waals surface area contributed by atoms with Crippen LogP contribution in [0.4, 0.5) is 4.39 Å². The molecule has 0 saturated heterocycles. The summed E-state index contributed by atoms with van der Waals surface area (Å²) in [6, 6.07) is 74.8. The van der Waals surface area contributed by atoms with Gasteiger partial charge >= 0.3 is 0 Å². The lowest BCUT2D eigenvalue weighted by Gasteiger charge is -2.35. The molecule has 0 aliphatic heterocycles.